The monoisotopic (exact) mass is 556 g/mol. The molecule has 3 aliphatic heterocycles. The predicted molar refractivity (Wildman–Crippen MR) is 150 cm³/mol. The lowest BCUT2D eigenvalue weighted by Gasteiger charge is -2.39. The first kappa shape index (κ1) is 27.1. The number of hydrogen-bond donors (Lipinski definition) is 2. The Morgan fingerprint density at radius 3 is 2.59 bits per heavy atom. The van der Waals surface area contributed by atoms with Crippen molar-refractivity contribution in [1.82, 2.24) is 20.4 Å². The van der Waals surface area contributed by atoms with E-state index in [9.17, 15) is 18.8 Å². The average Bonchev–Trinajstić information content (AvgIpc) is 3.29. The Hall–Kier alpha value is -4.08. The fourth-order valence-electron chi connectivity index (χ4n) is 6.00. The van der Waals surface area contributed by atoms with Crippen molar-refractivity contribution in [1.29, 1.82) is 0 Å². The summed E-state index contributed by atoms with van der Waals surface area (Å²) in [6.45, 7) is 3.05. The van der Waals surface area contributed by atoms with Crippen molar-refractivity contribution < 1.29 is 23.5 Å². The van der Waals surface area contributed by atoms with Gasteiger partial charge in [0.25, 0.3) is 5.91 Å². The molecular weight excluding hydrogens is 523 g/mol. The van der Waals surface area contributed by atoms with Crippen molar-refractivity contribution in [3.05, 3.63) is 101 Å². The summed E-state index contributed by atoms with van der Waals surface area (Å²) in [5.74, 6) is -0.535. The quantitative estimate of drug-likeness (QED) is 0.414. The SMILES string of the molecule is O=C1CCC(N2Cc3cc(O[C@H]4CN(Cc5ccccc5)CC[C@@H]4NCc4ccccc4F)ccc3C2=O)C(=O)N1. The summed E-state index contributed by atoms with van der Waals surface area (Å²) in [5, 5.41) is 5.87. The minimum Gasteiger partial charge on any atom is -0.487 e. The van der Waals surface area contributed by atoms with Crippen molar-refractivity contribution in [2.24, 2.45) is 0 Å². The number of ether oxygens (including phenoxy) is 1. The maximum absolute atomic E-state index is 14.3. The van der Waals surface area contributed by atoms with Crippen LogP contribution in [0.2, 0.25) is 0 Å². The highest BCUT2D eigenvalue weighted by molar-refractivity contribution is 6.05. The maximum Gasteiger partial charge on any atom is 0.255 e. The lowest BCUT2D eigenvalue weighted by molar-refractivity contribution is -0.136. The zero-order valence-electron chi connectivity index (χ0n) is 22.7. The van der Waals surface area contributed by atoms with Crippen LogP contribution in [0.4, 0.5) is 4.39 Å². The highest BCUT2D eigenvalue weighted by Crippen LogP contribution is 2.31. The number of rotatable bonds is 8. The smallest absolute Gasteiger partial charge is 0.255 e. The number of nitrogens with one attached hydrogen (secondary N) is 2. The zero-order chi connectivity index (χ0) is 28.3. The molecule has 3 aromatic carbocycles. The number of piperidine rings is 2. The average molecular weight is 557 g/mol. The van der Waals surface area contributed by atoms with Crippen molar-refractivity contribution in [3.63, 3.8) is 0 Å². The molecule has 3 aromatic rings. The number of fused-ring (bicyclic) bond motifs is 1. The summed E-state index contributed by atoms with van der Waals surface area (Å²) in [6, 6.07) is 21.9. The van der Waals surface area contributed by atoms with E-state index in [1.807, 2.05) is 30.3 Å². The highest BCUT2D eigenvalue weighted by Gasteiger charge is 2.39. The number of carbonyl (C=O) groups is 3. The number of amides is 3. The molecule has 3 heterocycles. The van der Waals surface area contributed by atoms with Crippen molar-refractivity contribution in [3.8, 4) is 5.75 Å². The molecule has 0 spiro atoms. The van der Waals surface area contributed by atoms with E-state index in [4.69, 9.17) is 4.74 Å². The summed E-state index contributed by atoms with van der Waals surface area (Å²) in [6.07, 6.45) is 1.16. The summed E-state index contributed by atoms with van der Waals surface area (Å²) in [5.41, 5.74) is 3.19. The van der Waals surface area contributed by atoms with Gasteiger partial charge < -0.3 is 15.0 Å². The van der Waals surface area contributed by atoms with Gasteiger partial charge in [-0.25, -0.2) is 4.39 Å². The molecule has 2 saturated heterocycles. The van der Waals surface area contributed by atoms with Gasteiger partial charge in [0.15, 0.2) is 0 Å². The van der Waals surface area contributed by atoms with Crippen molar-refractivity contribution >= 4 is 17.7 Å². The molecule has 2 N–H and O–H groups in total. The Morgan fingerprint density at radius 2 is 1.78 bits per heavy atom. The molecule has 6 rings (SSSR count). The van der Waals surface area contributed by atoms with Crippen LogP contribution in [0, 0.1) is 5.82 Å². The summed E-state index contributed by atoms with van der Waals surface area (Å²) < 4.78 is 20.9. The number of carbonyl (C=O) groups excluding carboxylic acids is 3. The second-order valence-electron chi connectivity index (χ2n) is 11.0. The van der Waals surface area contributed by atoms with E-state index in [2.05, 4.69) is 27.7 Å². The molecule has 0 aliphatic carbocycles. The van der Waals surface area contributed by atoms with Crippen LogP contribution < -0.4 is 15.4 Å². The van der Waals surface area contributed by atoms with E-state index in [1.165, 1.54) is 16.5 Å². The van der Waals surface area contributed by atoms with Crippen LogP contribution in [0.1, 0.15) is 46.3 Å². The first-order valence-electron chi connectivity index (χ1n) is 14.1. The van der Waals surface area contributed by atoms with Gasteiger partial charge in [-0.15, -0.1) is 0 Å². The highest BCUT2D eigenvalue weighted by atomic mass is 19.1. The molecule has 0 saturated carbocycles. The summed E-state index contributed by atoms with van der Waals surface area (Å²) in [7, 11) is 0. The molecule has 0 aromatic heterocycles. The van der Waals surface area contributed by atoms with E-state index >= 15 is 0 Å². The van der Waals surface area contributed by atoms with E-state index in [1.54, 1.807) is 24.3 Å². The fraction of sp³-hybridized carbons (Fsp3) is 0.344. The van der Waals surface area contributed by atoms with Gasteiger partial charge >= 0.3 is 0 Å². The second-order valence-corrected chi connectivity index (χ2v) is 11.0. The van der Waals surface area contributed by atoms with Crippen LogP contribution in [0.3, 0.4) is 0 Å². The van der Waals surface area contributed by atoms with Gasteiger partial charge in [-0.05, 0) is 48.2 Å². The lowest BCUT2D eigenvalue weighted by Crippen LogP contribution is -2.54. The van der Waals surface area contributed by atoms with Crippen LogP contribution in [-0.4, -0.2) is 58.8 Å². The standard InChI is InChI=1S/C32H33FN4O4/c33-26-9-5-4-8-22(26)17-34-27-14-15-36(18-21-6-2-1-3-7-21)20-29(27)41-24-10-11-25-23(16-24)19-37(32(25)40)28-12-13-30(38)35-31(28)39/h1-11,16,27-29,34H,12-15,17-20H2,(H,35,38,39)/t27-,28?,29-/m0/s1. The molecule has 1 unspecified atom stereocenters. The molecule has 2 fully saturated rings. The molecule has 0 radical (unpaired) electrons. The first-order valence-corrected chi connectivity index (χ1v) is 14.1. The van der Waals surface area contributed by atoms with E-state index in [0.29, 0.717) is 36.4 Å². The maximum atomic E-state index is 14.3. The lowest BCUT2D eigenvalue weighted by atomic mass is 10.00. The Labute approximate surface area is 238 Å². The number of benzene rings is 3. The topological polar surface area (TPSA) is 91.0 Å². The third-order valence-corrected chi connectivity index (χ3v) is 8.19. The normalized spacial score (nSPS) is 22.9. The number of halogens is 1. The van der Waals surface area contributed by atoms with Gasteiger partial charge in [0.05, 0.1) is 0 Å². The van der Waals surface area contributed by atoms with Gasteiger partial charge in [-0.2, -0.15) is 0 Å². The fourth-order valence-corrected chi connectivity index (χ4v) is 6.00. The number of likely N-dealkylation sites (tertiary alicyclic amines) is 1. The molecule has 8 nitrogen and oxygen atoms in total. The first-order chi connectivity index (χ1) is 19.9. The largest absolute Gasteiger partial charge is 0.487 e. The predicted octanol–water partition coefficient (Wildman–Crippen LogP) is 3.40. The molecule has 3 atom stereocenters. The Balaban J connectivity index is 1.17. The minimum absolute atomic E-state index is 0.00325. The van der Waals surface area contributed by atoms with Gasteiger partial charge in [0, 0.05) is 56.3 Å². The molecule has 212 valence electrons. The molecule has 3 amide bonds. The van der Waals surface area contributed by atoms with E-state index in [-0.39, 0.29) is 42.7 Å². The van der Waals surface area contributed by atoms with Gasteiger partial charge in [-0.1, -0.05) is 48.5 Å². The van der Waals surface area contributed by atoms with Crippen LogP contribution >= 0.6 is 0 Å². The van der Waals surface area contributed by atoms with Gasteiger partial charge in [-0.3, -0.25) is 24.6 Å². The molecule has 41 heavy (non-hydrogen) atoms. The van der Waals surface area contributed by atoms with Crippen molar-refractivity contribution in [2.45, 2.75) is 57.1 Å². The van der Waals surface area contributed by atoms with E-state index < -0.39 is 11.9 Å². The third kappa shape index (κ3) is 6.01. The van der Waals surface area contributed by atoms with E-state index in [0.717, 1.165) is 25.1 Å². The van der Waals surface area contributed by atoms with Crippen LogP contribution in [-0.2, 0) is 29.2 Å². The molecule has 9 heteroatoms. The van der Waals surface area contributed by atoms with Crippen LogP contribution in [0.25, 0.3) is 0 Å². The molecule has 0 bridgehead atoms. The molecule has 3 aliphatic rings. The van der Waals surface area contributed by atoms with Crippen LogP contribution in [0.15, 0.2) is 72.8 Å². The summed E-state index contributed by atoms with van der Waals surface area (Å²) >= 11 is 0. The van der Waals surface area contributed by atoms with Gasteiger partial charge in [0.1, 0.15) is 23.7 Å². The van der Waals surface area contributed by atoms with Crippen LogP contribution in [0.5, 0.6) is 5.75 Å². The second kappa shape index (κ2) is 11.8. The Kier molecular flexibility index (Phi) is 7.80. The number of nitrogens with zero attached hydrogens (tertiary/aromatic N) is 2. The Morgan fingerprint density at radius 1 is 0.976 bits per heavy atom. The molecular formula is C32H33FN4O4. The number of hydrogen-bond acceptors (Lipinski definition) is 6. The summed E-state index contributed by atoms with van der Waals surface area (Å²) in [4.78, 5) is 41.0. The Bertz CT molecular complexity index is 1450. The number of imide groups is 1. The third-order valence-electron chi connectivity index (χ3n) is 8.19. The zero-order valence-corrected chi connectivity index (χ0v) is 22.7. The minimum atomic E-state index is -0.658. The van der Waals surface area contributed by atoms with Crippen molar-refractivity contribution in [2.75, 3.05) is 13.1 Å². The van der Waals surface area contributed by atoms with Gasteiger partial charge in [0.2, 0.25) is 11.8 Å².